The molecule has 0 atom stereocenters. The van der Waals surface area contributed by atoms with Gasteiger partial charge in [-0.3, -0.25) is 10.1 Å². The maximum absolute atomic E-state index is 11.3. The summed E-state index contributed by atoms with van der Waals surface area (Å²) in [6.07, 6.45) is 0. The molecular weight excluding hydrogens is 296 g/mol. The van der Waals surface area contributed by atoms with E-state index >= 15 is 0 Å². The van der Waals surface area contributed by atoms with Gasteiger partial charge < -0.3 is 14.8 Å². The third kappa shape index (κ3) is 3.91. The maximum atomic E-state index is 11.3. The number of ether oxygens (including phenoxy) is 2. The van der Waals surface area contributed by atoms with Gasteiger partial charge in [-0.15, -0.1) is 0 Å². The van der Waals surface area contributed by atoms with Crippen LogP contribution in [0.5, 0.6) is 11.5 Å². The van der Waals surface area contributed by atoms with Crippen molar-refractivity contribution in [3.63, 3.8) is 0 Å². The Bertz CT molecular complexity index is 701. The van der Waals surface area contributed by atoms with Crippen molar-refractivity contribution in [2.45, 2.75) is 20.4 Å². The van der Waals surface area contributed by atoms with E-state index in [0.717, 1.165) is 16.9 Å². The third-order valence-electron chi connectivity index (χ3n) is 3.44. The van der Waals surface area contributed by atoms with Gasteiger partial charge in [-0.2, -0.15) is 0 Å². The van der Waals surface area contributed by atoms with Crippen molar-refractivity contribution >= 4 is 11.4 Å². The quantitative estimate of drug-likeness (QED) is 0.619. The number of benzene rings is 2. The molecule has 0 aromatic heterocycles. The molecule has 0 aliphatic heterocycles. The number of hydrogen-bond acceptors (Lipinski definition) is 5. The van der Waals surface area contributed by atoms with Crippen molar-refractivity contribution in [3.05, 3.63) is 57.6 Å². The summed E-state index contributed by atoms with van der Waals surface area (Å²) in [6.45, 7) is 4.58. The predicted molar refractivity (Wildman–Crippen MR) is 89.3 cm³/mol. The molecule has 6 heteroatoms. The summed E-state index contributed by atoms with van der Waals surface area (Å²) in [5.41, 5.74) is 2.40. The largest absolute Gasteiger partial charge is 0.496 e. The van der Waals surface area contributed by atoms with Crippen molar-refractivity contribution < 1.29 is 14.4 Å². The highest BCUT2D eigenvalue weighted by molar-refractivity contribution is 5.68. The van der Waals surface area contributed by atoms with Gasteiger partial charge in [0, 0.05) is 6.54 Å². The van der Waals surface area contributed by atoms with Crippen LogP contribution in [0.4, 0.5) is 11.4 Å². The van der Waals surface area contributed by atoms with Crippen LogP contribution in [0.3, 0.4) is 0 Å². The summed E-state index contributed by atoms with van der Waals surface area (Å²) in [5.74, 6) is 1.06. The van der Waals surface area contributed by atoms with E-state index in [-0.39, 0.29) is 11.4 Å². The number of methoxy groups -OCH3 is 1. The second-order valence-electron chi connectivity index (χ2n) is 5.00. The van der Waals surface area contributed by atoms with Gasteiger partial charge >= 0.3 is 5.69 Å². The summed E-state index contributed by atoms with van der Waals surface area (Å²) in [5, 5.41) is 14.4. The molecule has 6 nitrogen and oxygen atoms in total. The number of anilines is 1. The molecule has 2 aromatic rings. The first kappa shape index (κ1) is 16.6. The lowest BCUT2D eigenvalue weighted by molar-refractivity contribution is -0.384. The number of rotatable bonds is 7. The number of aryl methyl sites for hydroxylation is 1. The first-order valence-corrected chi connectivity index (χ1v) is 7.34. The molecule has 2 aromatic carbocycles. The van der Waals surface area contributed by atoms with E-state index in [1.807, 2.05) is 25.1 Å². The molecule has 0 spiro atoms. The Kier molecular flexibility index (Phi) is 5.41. The van der Waals surface area contributed by atoms with Crippen LogP contribution in [0.15, 0.2) is 36.4 Å². The van der Waals surface area contributed by atoms with Crippen molar-refractivity contribution in [2.75, 3.05) is 19.0 Å². The van der Waals surface area contributed by atoms with Crippen LogP contribution in [0.2, 0.25) is 0 Å². The van der Waals surface area contributed by atoms with Crippen LogP contribution in [0.1, 0.15) is 18.1 Å². The fraction of sp³-hybridized carbons (Fsp3) is 0.294. The summed E-state index contributed by atoms with van der Waals surface area (Å²) < 4.78 is 10.6. The van der Waals surface area contributed by atoms with E-state index in [9.17, 15) is 10.1 Å². The van der Waals surface area contributed by atoms with Gasteiger partial charge in [0.15, 0.2) is 5.75 Å². The van der Waals surface area contributed by atoms with Gasteiger partial charge in [-0.05, 0) is 43.2 Å². The van der Waals surface area contributed by atoms with Gasteiger partial charge in [0.1, 0.15) is 11.4 Å². The van der Waals surface area contributed by atoms with Gasteiger partial charge in [0.05, 0.1) is 18.6 Å². The van der Waals surface area contributed by atoms with Crippen LogP contribution in [-0.4, -0.2) is 18.6 Å². The van der Waals surface area contributed by atoms with Crippen molar-refractivity contribution in [1.82, 2.24) is 0 Å². The molecule has 23 heavy (non-hydrogen) atoms. The molecule has 0 heterocycles. The second-order valence-corrected chi connectivity index (χ2v) is 5.00. The highest BCUT2D eigenvalue weighted by Crippen LogP contribution is 2.35. The number of nitrogens with one attached hydrogen (secondary N) is 1. The van der Waals surface area contributed by atoms with Crippen LogP contribution in [-0.2, 0) is 6.54 Å². The van der Waals surface area contributed by atoms with E-state index in [1.54, 1.807) is 32.2 Å². The minimum absolute atomic E-state index is 0.0478. The molecule has 0 aliphatic rings. The van der Waals surface area contributed by atoms with Gasteiger partial charge in [0.25, 0.3) is 0 Å². The molecular formula is C17H20N2O4. The first-order chi connectivity index (χ1) is 11.1. The minimum atomic E-state index is -0.428. The average Bonchev–Trinajstić information content (AvgIpc) is 2.54. The Hall–Kier alpha value is -2.76. The smallest absolute Gasteiger partial charge is 0.333 e. The zero-order chi connectivity index (χ0) is 16.8. The summed E-state index contributed by atoms with van der Waals surface area (Å²) in [7, 11) is 1.62. The lowest BCUT2D eigenvalue weighted by Crippen LogP contribution is -2.05. The Labute approximate surface area is 135 Å². The number of nitrogens with zero attached hydrogens (tertiary/aromatic N) is 1. The Morgan fingerprint density at radius 3 is 2.65 bits per heavy atom. The highest BCUT2D eigenvalue weighted by atomic mass is 16.6. The number of hydrogen-bond donors (Lipinski definition) is 1. The van der Waals surface area contributed by atoms with Gasteiger partial charge in [-0.25, -0.2) is 0 Å². The van der Waals surface area contributed by atoms with E-state index in [4.69, 9.17) is 9.47 Å². The zero-order valence-electron chi connectivity index (χ0n) is 13.5. The first-order valence-electron chi connectivity index (χ1n) is 7.34. The van der Waals surface area contributed by atoms with Crippen LogP contribution in [0, 0.1) is 17.0 Å². The molecule has 0 saturated carbocycles. The van der Waals surface area contributed by atoms with Crippen molar-refractivity contribution in [1.29, 1.82) is 0 Å². The summed E-state index contributed by atoms with van der Waals surface area (Å²) >= 11 is 0. The van der Waals surface area contributed by atoms with Crippen LogP contribution >= 0.6 is 0 Å². The molecule has 0 unspecified atom stereocenters. The van der Waals surface area contributed by atoms with E-state index in [2.05, 4.69) is 5.32 Å². The fourth-order valence-electron chi connectivity index (χ4n) is 2.30. The molecule has 2 rings (SSSR count). The third-order valence-corrected chi connectivity index (χ3v) is 3.44. The average molecular weight is 316 g/mol. The predicted octanol–water partition coefficient (Wildman–Crippen LogP) is 3.92. The molecule has 0 radical (unpaired) electrons. The molecule has 1 N–H and O–H groups in total. The standard InChI is InChI=1S/C17H20N2O4/c1-4-23-15-7-5-6-14(17(15)19(20)21)18-11-13-9-8-12(2)16(10-13)22-3/h5-10,18H,4,11H2,1-3H3. The molecule has 0 saturated heterocycles. The minimum Gasteiger partial charge on any atom is -0.496 e. The molecule has 0 bridgehead atoms. The monoisotopic (exact) mass is 316 g/mol. The van der Waals surface area contributed by atoms with Crippen molar-refractivity contribution in [3.8, 4) is 11.5 Å². The summed E-state index contributed by atoms with van der Waals surface area (Å²) in [4.78, 5) is 10.9. The van der Waals surface area contributed by atoms with Crippen LogP contribution < -0.4 is 14.8 Å². The lowest BCUT2D eigenvalue weighted by atomic mass is 10.1. The van der Waals surface area contributed by atoms with E-state index < -0.39 is 4.92 Å². The molecule has 122 valence electrons. The highest BCUT2D eigenvalue weighted by Gasteiger charge is 2.20. The zero-order valence-corrected chi connectivity index (χ0v) is 13.5. The normalized spacial score (nSPS) is 10.2. The number of para-hydroxylation sites is 1. The SMILES string of the molecule is CCOc1cccc(NCc2ccc(C)c(OC)c2)c1[N+](=O)[O-]. The van der Waals surface area contributed by atoms with E-state index in [1.165, 1.54) is 0 Å². The Balaban J connectivity index is 2.23. The maximum Gasteiger partial charge on any atom is 0.333 e. The Morgan fingerprint density at radius 1 is 1.22 bits per heavy atom. The van der Waals surface area contributed by atoms with E-state index in [0.29, 0.717) is 18.8 Å². The van der Waals surface area contributed by atoms with Gasteiger partial charge in [0.2, 0.25) is 0 Å². The second kappa shape index (κ2) is 7.49. The number of nitro groups is 1. The van der Waals surface area contributed by atoms with Gasteiger partial charge in [-0.1, -0.05) is 18.2 Å². The number of nitro benzene ring substituents is 1. The summed E-state index contributed by atoms with van der Waals surface area (Å²) in [6, 6.07) is 10.8. The fourth-order valence-corrected chi connectivity index (χ4v) is 2.30. The van der Waals surface area contributed by atoms with Crippen molar-refractivity contribution in [2.24, 2.45) is 0 Å². The topological polar surface area (TPSA) is 73.6 Å². The van der Waals surface area contributed by atoms with Crippen LogP contribution in [0.25, 0.3) is 0 Å². The Morgan fingerprint density at radius 2 is 2.00 bits per heavy atom. The molecule has 0 amide bonds. The lowest BCUT2D eigenvalue weighted by Gasteiger charge is -2.12. The molecule has 0 fully saturated rings. The molecule has 0 aliphatic carbocycles.